The summed E-state index contributed by atoms with van der Waals surface area (Å²) in [5, 5.41) is 20.0. The molecule has 0 radical (unpaired) electrons. The first kappa shape index (κ1) is 39.0. The van der Waals surface area contributed by atoms with Crippen molar-refractivity contribution >= 4 is 65.5 Å². The van der Waals surface area contributed by atoms with Gasteiger partial charge in [0, 0.05) is 45.8 Å². The van der Waals surface area contributed by atoms with E-state index in [1.807, 2.05) is 38.4 Å². The molecule has 17 heteroatoms. The second kappa shape index (κ2) is 16.8. The molecule has 0 saturated carbocycles. The molecule has 48 heavy (non-hydrogen) atoms. The summed E-state index contributed by atoms with van der Waals surface area (Å²) in [6.45, 7) is 4.69. The van der Waals surface area contributed by atoms with Crippen molar-refractivity contribution in [2.75, 3.05) is 37.0 Å². The normalized spacial score (nSPS) is 17.2. The minimum Gasteiger partial charge on any atom is -0.481 e. The van der Waals surface area contributed by atoms with E-state index < -0.39 is 43.3 Å². The van der Waals surface area contributed by atoms with Crippen LogP contribution in [0.15, 0.2) is 29.6 Å². The number of carboxylic acids is 1. The fraction of sp³-hybridized carbons (Fsp3) is 0.484. The second-order valence-electron chi connectivity index (χ2n) is 11.8. The summed E-state index contributed by atoms with van der Waals surface area (Å²) in [6, 6.07) is 6.98. The number of benzene rings is 1. The first-order valence-electron chi connectivity index (χ1n) is 15.3. The Balaban J connectivity index is 0.000000542. The number of amides is 1. The molecule has 1 aliphatic rings. The number of fused-ring (bicyclic) bond motifs is 3. The highest BCUT2D eigenvalue weighted by Crippen LogP contribution is 2.50. The maximum atomic E-state index is 12.7. The number of unbranched alkanes of at least 4 members (excludes halogenated alkanes) is 2. The van der Waals surface area contributed by atoms with E-state index in [9.17, 15) is 35.8 Å². The molecule has 2 aromatic heterocycles. The van der Waals surface area contributed by atoms with E-state index in [4.69, 9.17) is 9.66 Å². The lowest BCUT2D eigenvalue weighted by molar-refractivity contribution is -0.137. The van der Waals surface area contributed by atoms with E-state index in [-0.39, 0.29) is 36.1 Å². The summed E-state index contributed by atoms with van der Waals surface area (Å²) >= 11 is 1.49. The van der Waals surface area contributed by atoms with Crippen LogP contribution in [-0.4, -0.2) is 91.9 Å². The molecule has 4 rings (SSSR count). The van der Waals surface area contributed by atoms with Gasteiger partial charge in [-0.2, -0.15) is 16.8 Å². The molecule has 0 bridgehead atoms. The van der Waals surface area contributed by atoms with Crippen LogP contribution in [0, 0.1) is 0 Å². The van der Waals surface area contributed by atoms with Crippen molar-refractivity contribution in [1.82, 2.24) is 15.6 Å². The minimum absolute atomic E-state index is 0.00930. The number of nitrogens with zero attached hydrogens (tertiary/aromatic N) is 1. The highest BCUT2D eigenvalue weighted by Gasteiger charge is 2.42. The maximum Gasteiger partial charge on any atom is 0.303 e. The van der Waals surface area contributed by atoms with Crippen molar-refractivity contribution in [3.8, 4) is 11.1 Å². The third-order valence-corrected chi connectivity index (χ3v) is 10.7. The van der Waals surface area contributed by atoms with Crippen molar-refractivity contribution in [3.05, 3.63) is 46.6 Å². The molecule has 2 unspecified atom stereocenters. The Morgan fingerprint density at radius 1 is 1.04 bits per heavy atom. The quantitative estimate of drug-likeness (QED) is 0.0698. The standard InChI is InChI=1S/C24H27N3O8S3.C7H15NO2/c1-14-24(2,5-3-8-37(30,31)32)19-12-18(22-17(4-7-36-22)21(19)26-14)15-10-16(13-28)27-20(11-15)23(29)25-6-9-38(33,34)35;1-8-6-4-2-3-5-7(9)10/h4,7,10-14,26H,3,5-6,8-9H2,1-2H3,(H,25,29)(H,30,31,32)(H,33,34,35);8H,2-6H2,1H3,(H,9,10). The molecule has 0 fully saturated rings. The lowest BCUT2D eigenvalue weighted by atomic mass is 9.75. The zero-order chi connectivity index (χ0) is 35.7. The van der Waals surface area contributed by atoms with E-state index >= 15 is 0 Å². The van der Waals surface area contributed by atoms with Crippen LogP contribution in [-0.2, 0) is 30.4 Å². The Morgan fingerprint density at radius 3 is 2.38 bits per heavy atom. The second-order valence-corrected chi connectivity index (χ2v) is 15.9. The largest absolute Gasteiger partial charge is 0.481 e. The van der Waals surface area contributed by atoms with Crippen molar-refractivity contribution in [3.63, 3.8) is 0 Å². The number of carboxylic acid groups (broad SMARTS) is 1. The van der Waals surface area contributed by atoms with Gasteiger partial charge in [-0.25, -0.2) is 4.98 Å². The van der Waals surface area contributed by atoms with Gasteiger partial charge >= 0.3 is 5.97 Å². The zero-order valence-electron chi connectivity index (χ0n) is 27.0. The molecule has 3 heterocycles. The summed E-state index contributed by atoms with van der Waals surface area (Å²) < 4.78 is 63.6. The predicted octanol–water partition coefficient (Wildman–Crippen LogP) is 3.98. The number of rotatable bonds is 16. The highest BCUT2D eigenvalue weighted by molar-refractivity contribution is 7.86. The van der Waals surface area contributed by atoms with E-state index in [2.05, 4.69) is 20.9 Å². The highest BCUT2D eigenvalue weighted by atomic mass is 32.2. The fourth-order valence-electron chi connectivity index (χ4n) is 5.57. The molecule has 1 aromatic carbocycles. The van der Waals surface area contributed by atoms with Gasteiger partial charge in [-0.3, -0.25) is 23.5 Å². The smallest absolute Gasteiger partial charge is 0.303 e. The van der Waals surface area contributed by atoms with Gasteiger partial charge < -0.3 is 21.1 Å². The summed E-state index contributed by atoms with van der Waals surface area (Å²) in [6.07, 6.45) is 4.45. The third kappa shape index (κ3) is 10.8. The number of thiophene rings is 1. The number of carbonyl (C=O) groups is 3. The Labute approximate surface area is 284 Å². The molecule has 1 aliphatic heterocycles. The lowest BCUT2D eigenvalue weighted by Gasteiger charge is -2.30. The molecule has 0 saturated heterocycles. The van der Waals surface area contributed by atoms with E-state index in [0.29, 0.717) is 24.7 Å². The maximum absolute atomic E-state index is 12.7. The number of aromatic nitrogens is 1. The first-order chi connectivity index (χ1) is 22.5. The van der Waals surface area contributed by atoms with Gasteiger partial charge in [-0.15, -0.1) is 11.3 Å². The summed E-state index contributed by atoms with van der Waals surface area (Å²) in [5.74, 6) is -2.40. The van der Waals surface area contributed by atoms with Gasteiger partial charge in [0.2, 0.25) is 0 Å². The molecular weight excluding hydrogens is 685 g/mol. The molecule has 0 spiro atoms. The van der Waals surface area contributed by atoms with Crippen LogP contribution in [0.2, 0.25) is 0 Å². The number of hydrogen-bond acceptors (Lipinski definition) is 11. The molecule has 6 N–H and O–H groups in total. The zero-order valence-corrected chi connectivity index (χ0v) is 29.4. The topological polar surface area (TPSA) is 229 Å². The van der Waals surface area contributed by atoms with Crippen LogP contribution in [0.3, 0.4) is 0 Å². The number of pyridine rings is 1. The summed E-state index contributed by atoms with van der Waals surface area (Å²) in [7, 11) is -6.46. The minimum atomic E-state index is -4.26. The molecular formula is C31H42N4O10S3. The summed E-state index contributed by atoms with van der Waals surface area (Å²) in [5.41, 5.74) is 2.63. The van der Waals surface area contributed by atoms with E-state index in [1.54, 1.807) is 6.07 Å². The Hall–Kier alpha value is -3.48. The average molecular weight is 727 g/mol. The van der Waals surface area contributed by atoms with Gasteiger partial charge in [-0.05, 0) is 87.0 Å². The molecule has 3 aromatic rings. The Bertz CT molecular complexity index is 1840. The van der Waals surface area contributed by atoms with Crippen LogP contribution in [0.1, 0.15) is 78.9 Å². The van der Waals surface area contributed by atoms with E-state index in [1.165, 1.54) is 17.4 Å². The first-order valence-corrected chi connectivity index (χ1v) is 19.4. The van der Waals surface area contributed by atoms with Gasteiger partial charge in [0.15, 0.2) is 6.29 Å². The van der Waals surface area contributed by atoms with Crippen molar-refractivity contribution in [2.24, 2.45) is 0 Å². The van der Waals surface area contributed by atoms with Gasteiger partial charge in [0.25, 0.3) is 26.1 Å². The molecule has 1 amide bonds. The molecule has 14 nitrogen and oxygen atoms in total. The van der Waals surface area contributed by atoms with Crippen molar-refractivity contribution < 1.29 is 45.4 Å². The van der Waals surface area contributed by atoms with Crippen LogP contribution in [0.5, 0.6) is 0 Å². The van der Waals surface area contributed by atoms with Crippen LogP contribution in [0.4, 0.5) is 5.69 Å². The number of aldehydes is 1. The molecule has 264 valence electrons. The predicted molar refractivity (Wildman–Crippen MR) is 185 cm³/mol. The van der Waals surface area contributed by atoms with Crippen LogP contribution in [0.25, 0.3) is 21.2 Å². The van der Waals surface area contributed by atoms with Gasteiger partial charge in [0.1, 0.15) is 11.4 Å². The molecule has 2 atom stereocenters. The number of anilines is 1. The lowest BCUT2D eigenvalue weighted by Crippen LogP contribution is -2.34. The van der Waals surface area contributed by atoms with Crippen molar-refractivity contribution in [1.29, 1.82) is 0 Å². The molecule has 0 aliphatic carbocycles. The van der Waals surface area contributed by atoms with E-state index in [0.717, 1.165) is 52.7 Å². The average Bonchev–Trinajstić information content (AvgIpc) is 3.58. The number of aliphatic carboxylic acids is 1. The number of nitrogens with one attached hydrogen (secondary N) is 3. The Morgan fingerprint density at radius 2 is 1.75 bits per heavy atom. The SMILES string of the molecule is CC1Nc2c(cc(-c3cc(C=O)nc(C(=O)NCCS(=O)(=O)O)c3)c3sccc23)C1(C)CCCS(=O)(=O)O.CNCCCCCC(=O)O. The monoisotopic (exact) mass is 726 g/mol. The van der Waals surface area contributed by atoms with Crippen LogP contribution < -0.4 is 16.0 Å². The third-order valence-electron chi connectivity index (χ3n) is 8.24. The number of carbonyl (C=O) groups excluding carboxylic acids is 2. The van der Waals surface area contributed by atoms with Gasteiger partial charge in [0.05, 0.1) is 11.5 Å². The summed E-state index contributed by atoms with van der Waals surface area (Å²) in [4.78, 5) is 38.4. The fourth-order valence-corrected chi connectivity index (χ4v) is 7.38. The van der Waals surface area contributed by atoms with Crippen LogP contribution >= 0.6 is 11.3 Å². The number of hydrogen-bond donors (Lipinski definition) is 6. The van der Waals surface area contributed by atoms with Gasteiger partial charge in [-0.1, -0.05) is 13.3 Å². The Kier molecular flexibility index (Phi) is 13.6. The van der Waals surface area contributed by atoms with Crippen molar-refractivity contribution in [2.45, 2.75) is 63.8 Å².